The quantitative estimate of drug-likeness (QED) is 0.742. The fourth-order valence-electron chi connectivity index (χ4n) is 3.58. The van der Waals surface area contributed by atoms with E-state index >= 15 is 0 Å². The van der Waals surface area contributed by atoms with Crippen LogP contribution in [0, 0.1) is 5.82 Å². The van der Waals surface area contributed by atoms with Gasteiger partial charge in [0.25, 0.3) is 0 Å². The van der Waals surface area contributed by atoms with Gasteiger partial charge in [-0.15, -0.1) is 11.8 Å². The van der Waals surface area contributed by atoms with Crippen LogP contribution in [0.5, 0.6) is 5.75 Å². The Balaban J connectivity index is 1.92. The molecule has 2 heterocycles. The van der Waals surface area contributed by atoms with Crippen molar-refractivity contribution in [3.05, 3.63) is 49.9 Å². The molecular formula is C17H15BrFNO2S. The molecule has 0 spiro atoms. The van der Waals surface area contributed by atoms with Gasteiger partial charge in [0, 0.05) is 45.7 Å². The van der Waals surface area contributed by atoms with Crippen LogP contribution in [0.1, 0.15) is 37.2 Å². The topological polar surface area (TPSA) is 49.3 Å². The summed E-state index contributed by atoms with van der Waals surface area (Å²) in [4.78, 5) is 13.7. The van der Waals surface area contributed by atoms with Gasteiger partial charge in [-0.25, -0.2) is 4.39 Å². The number of carbonyl (C=O) groups excluding carboxylic acids is 1. The van der Waals surface area contributed by atoms with Crippen LogP contribution >= 0.6 is 27.7 Å². The number of halogens is 2. The number of hydrogen-bond acceptors (Lipinski definition) is 4. The van der Waals surface area contributed by atoms with Gasteiger partial charge in [-0.3, -0.25) is 4.79 Å². The number of rotatable bonds is 1. The monoisotopic (exact) mass is 395 g/mol. The summed E-state index contributed by atoms with van der Waals surface area (Å²) in [5.41, 5.74) is 3.48. The maximum absolute atomic E-state index is 13.7. The van der Waals surface area contributed by atoms with Crippen molar-refractivity contribution in [1.29, 1.82) is 0 Å². The number of thioether (sulfide) groups is 1. The van der Waals surface area contributed by atoms with Gasteiger partial charge in [0.15, 0.2) is 5.78 Å². The van der Waals surface area contributed by atoms with E-state index < -0.39 is 5.82 Å². The lowest BCUT2D eigenvalue weighted by Gasteiger charge is -2.33. The molecule has 1 aromatic rings. The number of phenolic OH excluding ortho intramolecular Hbond substituents is 1. The van der Waals surface area contributed by atoms with E-state index in [2.05, 4.69) is 21.2 Å². The molecule has 1 atom stereocenters. The molecule has 0 saturated carbocycles. The summed E-state index contributed by atoms with van der Waals surface area (Å²) in [7, 11) is 0. The maximum Gasteiger partial charge on any atom is 0.161 e. The lowest BCUT2D eigenvalue weighted by atomic mass is 9.79. The van der Waals surface area contributed by atoms with Crippen molar-refractivity contribution in [2.75, 3.05) is 5.75 Å². The first-order valence-corrected chi connectivity index (χ1v) is 9.41. The van der Waals surface area contributed by atoms with Crippen molar-refractivity contribution in [1.82, 2.24) is 5.32 Å². The number of Topliss-reactive ketones (excluding diaryl/α,β-unsaturated/α-hetero) is 1. The molecule has 0 aromatic heterocycles. The number of benzene rings is 1. The molecule has 0 unspecified atom stereocenters. The summed E-state index contributed by atoms with van der Waals surface area (Å²) in [5, 5.41) is 13.8. The van der Waals surface area contributed by atoms with Crippen LogP contribution in [0.4, 0.5) is 4.39 Å². The van der Waals surface area contributed by atoms with Crippen LogP contribution in [-0.4, -0.2) is 16.6 Å². The lowest BCUT2D eigenvalue weighted by molar-refractivity contribution is -0.116. The van der Waals surface area contributed by atoms with Gasteiger partial charge in [-0.05, 0) is 41.3 Å². The highest BCUT2D eigenvalue weighted by Gasteiger charge is 2.39. The Labute approximate surface area is 146 Å². The minimum Gasteiger partial charge on any atom is -0.508 e. The average Bonchev–Trinajstić information content (AvgIpc) is 2.97. The molecule has 2 N–H and O–H groups in total. The standard InChI is InChI=1S/C17H15BrFNO2S/c18-9-6-8(14(22)7-10(9)19)15-16-11(2-1-3-13(16)21)20-12-4-5-23-17(12)15/h6-7,15,20,22H,1-5H2/t15-/m1/s1. The molecule has 0 fully saturated rings. The lowest BCUT2D eigenvalue weighted by Crippen LogP contribution is -2.30. The van der Waals surface area contributed by atoms with Crippen LogP contribution in [0.15, 0.2) is 38.5 Å². The van der Waals surface area contributed by atoms with Crippen molar-refractivity contribution in [3.63, 3.8) is 0 Å². The number of nitrogens with one attached hydrogen (secondary N) is 1. The zero-order valence-corrected chi connectivity index (χ0v) is 14.7. The first-order valence-electron chi connectivity index (χ1n) is 7.63. The van der Waals surface area contributed by atoms with Crippen LogP contribution < -0.4 is 5.32 Å². The summed E-state index contributed by atoms with van der Waals surface area (Å²) in [6.45, 7) is 0. The predicted octanol–water partition coefficient (Wildman–Crippen LogP) is 4.34. The zero-order valence-electron chi connectivity index (χ0n) is 12.3. The Morgan fingerprint density at radius 2 is 2.09 bits per heavy atom. The second-order valence-corrected chi connectivity index (χ2v) is 7.98. The predicted molar refractivity (Wildman–Crippen MR) is 91.6 cm³/mol. The first kappa shape index (κ1) is 15.3. The molecule has 120 valence electrons. The summed E-state index contributed by atoms with van der Waals surface area (Å²) in [5.74, 6) is 0.215. The molecule has 1 aromatic carbocycles. The first-order chi connectivity index (χ1) is 11.1. The Kier molecular flexibility index (Phi) is 3.76. The Bertz CT molecular complexity index is 787. The Morgan fingerprint density at radius 1 is 1.26 bits per heavy atom. The number of aromatic hydroxyl groups is 1. The molecular weight excluding hydrogens is 381 g/mol. The van der Waals surface area contributed by atoms with Gasteiger partial charge in [-0.1, -0.05) is 0 Å². The SMILES string of the molecule is O=C1CCCC2=C1[C@@H](c1cc(Br)c(F)cc1O)C1=C(CCS1)N2. The van der Waals surface area contributed by atoms with Crippen LogP contribution in [0.25, 0.3) is 0 Å². The van der Waals surface area contributed by atoms with Crippen LogP contribution in [0.2, 0.25) is 0 Å². The van der Waals surface area contributed by atoms with Gasteiger partial charge in [0.2, 0.25) is 0 Å². The maximum atomic E-state index is 13.7. The number of carbonyl (C=O) groups is 1. The Hall–Kier alpha value is -1.27. The van der Waals surface area contributed by atoms with E-state index in [1.807, 2.05) is 0 Å². The third-order valence-corrected chi connectivity index (χ3v) is 6.41. The normalized spacial score (nSPS) is 23.7. The van der Waals surface area contributed by atoms with Gasteiger partial charge >= 0.3 is 0 Å². The number of phenols is 1. The van der Waals surface area contributed by atoms with Crippen molar-refractivity contribution >= 4 is 33.5 Å². The zero-order chi connectivity index (χ0) is 16.1. The third kappa shape index (κ3) is 2.43. The molecule has 0 saturated heterocycles. The summed E-state index contributed by atoms with van der Waals surface area (Å²) >= 11 is 4.91. The molecule has 3 nitrogen and oxygen atoms in total. The number of hydrogen-bond donors (Lipinski definition) is 2. The van der Waals surface area contributed by atoms with E-state index in [1.165, 1.54) is 0 Å². The van der Waals surface area contributed by atoms with Crippen LogP contribution in [0.3, 0.4) is 0 Å². The molecule has 4 rings (SSSR count). The Morgan fingerprint density at radius 3 is 2.91 bits per heavy atom. The second kappa shape index (κ2) is 5.67. The molecule has 6 heteroatoms. The van der Waals surface area contributed by atoms with E-state index in [-0.39, 0.29) is 17.5 Å². The second-order valence-electron chi connectivity index (χ2n) is 5.99. The molecule has 1 aliphatic carbocycles. The summed E-state index contributed by atoms with van der Waals surface area (Å²) < 4.78 is 14.0. The fourth-order valence-corrected chi connectivity index (χ4v) is 5.20. The van der Waals surface area contributed by atoms with E-state index in [4.69, 9.17) is 0 Å². The average molecular weight is 396 g/mol. The minimum atomic E-state index is -0.502. The smallest absolute Gasteiger partial charge is 0.161 e. The molecule has 23 heavy (non-hydrogen) atoms. The minimum absolute atomic E-state index is 0.0952. The van der Waals surface area contributed by atoms with Crippen molar-refractivity contribution < 1.29 is 14.3 Å². The van der Waals surface area contributed by atoms with Crippen LogP contribution in [-0.2, 0) is 4.79 Å². The van der Waals surface area contributed by atoms with Gasteiger partial charge < -0.3 is 10.4 Å². The highest BCUT2D eigenvalue weighted by atomic mass is 79.9. The highest BCUT2D eigenvalue weighted by molar-refractivity contribution is 9.10. The molecule has 0 radical (unpaired) electrons. The van der Waals surface area contributed by atoms with Gasteiger partial charge in [0.1, 0.15) is 11.6 Å². The van der Waals surface area contributed by atoms with Crippen molar-refractivity contribution in [2.45, 2.75) is 31.6 Å². The largest absolute Gasteiger partial charge is 0.508 e. The molecule has 0 amide bonds. The summed E-state index contributed by atoms with van der Waals surface area (Å²) in [6.07, 6.45) is 3.17. The van der Waals surface area contributed by atoms with Crippen molar-refractivity contribution in [3.8, 4) is 5.75 Å². The fraction of sp³-hybridized carbons (Fsp3) is 0.353. The van der Waals surface area contributed by atoms with Gasteiger partial charge in [0.05, 0.1) is 10.4 Å². The molecule has 0 bridgehead atoms. The molecule has 2 aliphatic heterocycles. The van der Waals surface area contributed by atoms with Crippen molar-refractivity contribution in [2.24, 2.45) is 0 Å². The molecule has 3 aliphatic rings. The van der Waals surface area contributed by atoms with E-state index in [9.17, 15) is 14.3 Å². The van der Waals surface area contributed by atoms with E-state index in [0.717, 1.165) is 53.0 Å². The third-order valence-electron chi connectivity index (χ3n) is 4.60. The summed E-state index contributed by atoms with van der Waals surface area (Å²) in [6, 6.07) is 2.73. The van der Waals surface area contributed by atoms with E-state index in [0.29, 0.717) is 16.5 Å². The highest BCUT2D eigenvalue weighted by Crippen LogP contribution is 2.52. The number of ketones is 1. The van der Waals surface area contributed by atoms with E-state index in [1.54, 1.807) is 17.8 Å². The number of dihydropyridines is 1. The number of allylic oxidation sites excluding steroid dienone is 4. The van der Waals surface area contributed by atoms with Gasteiger partial charge in [-0.2, -0.15) is 0 Å².